The average molecular weight is 455 g/mol. The summed E-state index contributed by atoms with van der Waals surface area (Å²) in [4.78, 5) is 22.9. The number of benzene rings is 1. The van der Waals surface area contributed by atoms with Crippen LogP contribution in [0.15, 0.2) is 21.8 Å². The number of alkyl halides is 6. The molecule has 14 heteroatoms. The number of carbonyl (C=O) groups is 1. The van der Waals surface area contributed by atoms with Crippen molar-refractivity contribution < 1.29 is 35.9 Å². The molecule has 0 bridgehead atoms. The Morgan fingerprint density at radius 3 is 2.07 bits per heavy atom. The number of hydrogen-bond acceptors (Lipinski definition) is 4. The summed E-state index contributed by atoms with van der Waals surface area (Å²) < 4.78 is 81.1. The van der Waals surface area contributed by atoms with Gasteiger partial charge in [-0.25, -0.2) is 9.48 Å². The summed E-state index contributed by atoms with van der Waals surface area (Å²) in [5, 5.41) is 0.674. The van der Waals surface area contributed by atoms with Crippen LogP contribution in [-0.4, -0.2) is 28.4 Å². The van der Waals surface area contributed by atoms with E-state index in [0.717, 1.165) is 7.11 Å². The Hall–Kier alpha value is -1.79. The SMILES string of the molecule is COC(=O)c1[nH]n(-c2c(Cl)cc(C(F)(F)F)cc2Cl)c(=O)c1SC(F)(F)F. The van der Waals surface area contributed by atoms with Crippen molar-refractivity contribution in [2.75, 3.05) is 7.11 Å². The number of nitrogens with one attached hydrogen (secondary N) is 1. The largest absolute Gasteiger partial charge is 0.464 e. The monoisotopic (exact) mass is 454 g/mol. The number of nitrogens with zero attached hydrogens (tertiary/aromatic N) is 1. The number of aromatic amines is 1. The van der Waals surface area contributed by atoms with E-state index >= 15 is 0 Å². The second-order valence-electron chi connectivity index (χ2n) is 4.78. The lowest BCUT2D eigenvalue weighted by atomic mass is 10.2. The number of methoxy groups -OCH3 is 1. The predicted octanol–water partition coefficient (Wildman–Crippen LogP) is 4.89. The number of aromatic nitrogens is 2. The lowest BCUT2D eigenvalue weighted by Crippen LogP contribution is -2.18. The third-order valence-electron chi connectivity index (χ3n) is 3.02. The Labute approximate surface area is 160 Å². The van der Waals surface area contributed by atoms with Crippen molar-refractivity contribution in [1.29, 1.82) is 0 Å². The number of H-pyrrole nitrogens is 1. The van der Waals surface area contributed by atoms with Crippen molar-refractivity contribution >= 4 is 40.9 Å². The van der Waals surface area contributed by atoms with Crippen molar-refractivity contribution in [2.24, 2.45) is 0 Å². The zero-order chi connectivity index (χ0) is 20.7. The van der Waals surface area contributed by atoms with Crippen molar-refractivity contribution in [3.63, 3.8) is 0 Å². The molecule has 0 saturated carbocycles. The van der Waals surface area contributed by atoms with Gasteiger partial charge in [0.2, 0.25) is 0 Å². The third kappa shape index (κ3) is 4.55. The molecule has 0 atom stereocenters. The molecule has 0 aliphatic carbocycles. The van der Waals surface area contributed by atoms with Gasteiger partial charge in [0.15, 0.2) is 5.69 Å². The summed E-state index contributed by atoms with van der Waals surface area (Å²) in [5.74, 6) is -1.31. The smallest absolute Gasteiger partial charge is 0.446 e. The number of carbonyl (C=O) groups excluding carboxylic acids is 1. The van der Waals surface area contributed by atoms with E-state index in [2.05, 4.69) is 4.74 Å². The van der Waals surface area contributed by atoms with Gasteiger partial charge in [0.1, 0.15) is 10.6 Å². The third-order valence-corrected chi connectivity index (χ3v) is 4.41. The molecular weight excluding hydrogens is 449 g/mol. The van der Waals surface area contributed by atoms with Gasteiger partial charge in [0, 0.05) is 0 Å². The Balaban J connectivity index is 2.74. The molecule has 2 aromatic rings. The summed E-state index contributed by atoms with van der Waals surface area (Å²) in [6, 6.07) is 0.870. The Bertz CT molecular complexity index is 928. The van der Waals surface area contributed by atoms with Crippen LogP contribution in [0.2, 0.25) is 10.0 Å². The van der Waals surface area contributed by atoms with Gasteiger partial charge in [-0.1, -0.05) is 23.2 Å². The number of thioether (sulfide) groups is 1. The van der Waals surface area contributed by atoms with Gasteiger partial charge in [-0.2, -0.15) is 26.3 Å². The maximum atomic E-state index is 12.8. The van der Waals surface area contributed by atoms with Crippen LogP contribution in [-0.2, 0) is 10.9 Å². The van der Waals surface area contributed by atoms with Crippen LogP contribution in [0.1, 0.15) is 16.1 Å². The molecule has 0 unspecified atom stereocenters. The Morgan fingerprint density at radius 2 is 1.67 bits per heavy atom. The molecule has 0 fully saturated rings. The number of esters is 1. The van der Waals surface area contributed by atoms with Crippen LogP contribution in [0, 0.1) is 0 Å². The number of ether oxygens (including phenoxy) is 1. The minimum absolute atomic E-state index is 0.338. The van der Waals surface area contributed by atoms with E-state index in [1.807, 2.05) is 5.10 Å². The highest BCUT2D eigenvalue weighted by Gasteiger charge is 2.37. The molecule has 1 aromatic carbocycles. The van der Waals surface area contributed by atoms with Crippen LogP contribution in [0.3, 0.4) is 0 Å². The second kappa shape index (κ2) is 7.32. The van der Waals surface area contributed by atoms with E-state index < -0.39 is 66.9 Å². The standard InChI is InChI=1S/C13H6Cl2F6N2O3S/c1-26-11(25)7-9(27-13(19,20)21)10(24)23(22-7)8-5(14)2-4(3-6(8)15)12(16,17)18/h2-3,22H,1H3. The molecule has 0 amide bonds. The fourth-order valence-corrected chi connectivity index (χ4v) is 3.27. The molecule has 0 radical (unpaired) electrons. The molecule has 1 N–H and O–H groups in total. The molecule has 0 aliphatic heterocycles. The lowest BCUT2D eigenvalue weighted by Gasteiger charge is -2.12. The van der Waals surface area contributed by atoms with Crippen LogP contribution < -0.4 is 5.56 Å². The van der Waals surface area contributed by atoms with Gasteiger partial charge < -0.3 is 4.74 Å². The molecule has 148 valence electrons. The van der Waals surface area contributed by atoms with E-state index in [4.69, 9.17) is 23.2 Å². The summed E-state index contributed by atoms with van der Waals surface area (Å²) in [6.07, 6.45) is -4.80. The highest BCUT2D eigenvalue weighted by Crippen LogP contribution is 2.39. The topological polar surface area (TPSA) is 64.1 Å². The van der Waals surface area contributed by atoms with Crippen molar-refractivity contribution in [3.8, 4) is 5.69 Å². The minimum Gasteiger partial charge on any atom is -0.464 e. The fraction of sp³-hybridized carbons (Fsp3) is 0.231. The normalized spacial score (nSPS) is 12.3. The maximum Gasteiger partial charge on any atom is 0.446 e. The summed E-state index contributed by atoms with van der Waals surface area (Å²) in [5.41, 5.74) is -9.00. The van der Waals surface area contributed by atoms with E-state index in [1.165, 1.54) is 0 Å². The average Bonchev–Trinajstić information content (AvgIpc) is 2.81. The van der Waals surface area contributed by atoms with Crippen molar-refractivity contribution in [2.45, 2.75) is 16.6 Å². The molecule has 1 aromatic heterocycles. The molecule has 27 heavy (non-hydrogen) atoms. The van der Waals surface area contributed by atoms with Gasteiger partial charge in [0.25, 0.3) is 5.56 Å². The summed E-state index contributed by atoms with van der Waals surface area (Å²) in [6.45, 7) is 0. The summed E-state index contributed by atoms with van der Waals surface area (Å²) >= 11 is 10.6. The molecule has 2 rings (SSSR count). The molecule has 5 nitrogen and oxygen atoms in total. The first-order valence-electron chi connectivity index (χ1n) is 6.52. The van der Waals surface area contributed by atoms with Gasteiger partial charge in [0.05, 0.1) is 22.7 Å². The molecule has 0 spiro atoms. The predicted molar refractivity (Wildman–Crippen MR) is 84.7 cm³/mol. The van der Waals surface area contributed by atoms with E-state index in [0.29, 0.717) is 16.8 Å². The van der Waals surface area contributed by atoms with Crippen LogP contribution in [0.25, 0.3) is 5.69 Å². The second-order valence-corrected chi connectivity index (χ2v) is 6.67. The van der Waals surface area contributed by atoms with E-state index in [1.54, 1.807) is 0 Å². The molecule has 0 aliphatic rings. The van der Waals surface area contributed by atoms with Crippen molar-refractivity contribution in [1.82, 2.24) is 9.78 Å². The molecule has 0 saturated heterocycles. The van der Waals surface area contributed by atoms with Gasteiger partial charge >= 0.3 is 17.7 Å². The quantitative estimate of drug-likeness (QED) is 0.407. The van der Waals surface area contributed by atoms with Crippen LogP contribution >= 0.6 is 35.0 Å². The molecule has 1 heterocycles. The first-order valence-corrected chi connectivity index (χ1v) is 8.09. The maximum absolute atomic E-state index is 12.8. The number of hydrogen-bond donors (Lipinski definition) is 1. The van der Waals surface area contributed by atoms with Crippen LogP contribution in [0.4, 0.5) is 26.3 Å². The van der Waals surface area contributed by atoms with Crippen molar-refractivity contribution in [3.05, 3.63) is 43.8 Å². The van der Waals surface area contributed by atoms with Gasteiger partial charge in [-0.05, 0) is 23.9 Å². The summed E-state index contributed by atoms with van der Waals surface area (Å²) in [7, 11) is 0.859. The minimum atomic E-state index is -4.93. The first-order chi connectivity index (χ1) is 12.3. The molecular formula is C13H6Cl2F6N2O3S. The Morgan fingerprint density at radius 1 is 1.15 bits per heavy atom. The van der Waals surface area contributed by atoms with Gasteiger partial charge in [-0.15, -0.1) is 0 Å². The van der Waals surface area contributed by atoms with Gasteiger partial charge in [-0.3, -0.25) is 9.89 Å². The number of rotatable bonds is 3. The van der Waals surface area contributed by atoms with E-state index in [9.17, 15) is 35.9 Å². The number of halogens is 8. The fourth-order valence-electron chi connectivity index (χ4n) is 1.97. The highest BCUT2D eigenvalue weighted by atomic mass is 35.5. The zero-order valence-electron chi connectivity index (χ0n) is 12.8. The highest BCUT2D eigenvalue weighted by molar-refractivity contribution is 8.00. The zero-order valence-corrected chi connectivity index (χ0v) is 15.1. The first kappa shape index (κ1) is 21.5. The van der Waals surface area contributed by atoms with Crippen LogP contribution in [0.5, 0.6) is 0 Å². The van der Waals surface area contributed by atoms with E-state index in [-0.39, 0.29) is 0 Å². The lowest BCUT2D eigenvalue weighted by molar-refractivity contribution is -0.137. The Kier molecular flexibility index (Phi) is 5.83.